The highest BCUT2D eigenvalue weighted by Crippen LogP contribution is 2.25. The van der Waals surface area contributed by atoms with Gasteiger partial charge in [0.15, 0.2) is 0 Å². The molecule has 0 aromatic heterocycles. The normalized spacial score (nSPS) is 16.2. The number of para-hydroxylation sites is 1. The van der Waals surface area contributed by atoms with E-state index in [2.05, 4.69) is 21.2 Å². The molecule has 2 rings (SSSR count). The number of hydrogen-bond donors (Lipinski definition) is 1. The summed E-state index contributed by atoms with van der Waals surface area (Å²) in [5.41, 5.74) is 0.215. The maximum absolute atomic E-state index is 13.6. The number of amides is 2. The molecule has 0 unspecified atom stereocenters. The summed E-state index contributed by atoms with van der Waals surface area (Å²) in [6.45, 7) is 1.50. The van der Waals surface area contributed by atoms with Gasteiger partial charge in [0.25, 0.3) is 0 Å². The first-order valence-electron chi connectivity index (χ1n) is 6.18. The third kappa shape index (κ3) is 3.22. The topological polar surface area (TPSA) is 32.3 Å². The molecule has 1 saturated heterocycles. The number of nitrogens with zero attached hydrogens (tertiary/aromatic N) is 1. The van der Waals surface area contributed by atoms with E-state index < -0.39 is 5.82 Å². The predicted molar refractivity (Wildman–Crippen MR) is 73.2 cm³/mol. The first-order valence-corrected chi connectivity index (χ1v) is 6.98. The van der Waals surface area contributed by atoms with Gasteiger partial charge in [-0.05, 0) is 40.9 Å². The van der Waals surface area contributed by atoms with Crippen molar-refractivity contribution >= 4 is 27.6 Å². The predicted octanol–water partition coefficient (Wildman–Crippen LogP) is 4.00. The van der Waals surface area contributed by atoms with Gasteiger partial charge in [0.1, 0.15) is 5.82 Å². The Labute approximate surface area is 114 Å². The smallest absolute Gasteiger partial charge is 0.321 e. The van der Waals surface area contributed by atoms with Crippen LogP contribution in [0.1, 0.15) is 25.7 Å². The molecular formula is C13H16BrFN2O. The summed E-state index contributed by atoms with van der Waals surface area (Å²) in [5.74, 6) is -0.424. The van der Waals surface area contributed by atoms with Crippen molar-refractivity contribution < 1.29 is 9.18 Å². The highest BCUT2D eigenvalue weighted by molar-refractivity contribution is 9.10. The monoisotopic (exact) mass is 314 g/mol. The van der Waals surface area contributed by atoms with Gasteiger partial charge < -0.3 is 10.2 Å². The Balaban J connectivity index is 2.06. The summed E-state index contributed by atoms with van der Waals surface area (Å²) in [7, 11) is 0. The van der Waals surface area contributed by atoms with E-state index in [4.69, 9.17) is 0 Å². The van der Waals surface area contributed by atoms with E-state index in [9.17, 15) is 9.18 Å². The van der Waals surface area contributed by atoms with Crippen LogP contribution in [0.4, 0.5) is 14.9 Å². The molecule has 0 bridgehead atoms. The van der Waals surface area contributed by atoms with Crippen LogP contribution in [0.2, 0.25) is 0 Å². The minimum atomic E-state index is -0.424. The molecule has 0 atom stereocenters. The standard InChI is InChI=1S/C13H16BrFN2O/c14-10-6-5-7-11(15)12(10)16-13(18)17-8-3-1-2-4-9-17/h5-7H,1-4,8-9H2,(H,16,18). The number of hydrogen-bond acceptors (Lipinski definition) is 1. The average molecular weight is 315 g/mol. The quantitative estimate of drug-likeness (QED) is 0.835. The summed E-state index contributed by atoms with van der Waals surface area (Å²) in [6, 6.07) is 4.42. The summed E-state index contributed by atoms with van der Waals surface area (Å²) in [5, 5.41) is 2.64. The molecule has 2 amide bonds. The van der Waals surface area contributed by atoms with Crippen molar-refractivity contribution in [3.05, 3.63) is 28.5 Å². The van der Waals surface area contributed by atoms with Crippen LogP contribution < -0.4 is 5.32 Å². The second-order valence-electron chi connectivity index (χ2n) is 4.43. The number of benzene rings is 1. The summed E-state index contributed by atoms with van der Waals surface area (Å²) < 4.78 is 14.2. The van der Waals surface area contributed by atoms with Crippen LogP contribution in [0.15, 0.2) is 22.7 Å². The Morgan fingerprint density at radius 1 is 1.22 bits per heavy atom. The molecule has 0 spiro atoms. The summed E-state index contributed by atoms with van der Waals surface area (Å²) in [6.07, 6.45) is 4.36. The number of likely N-dealkylation sites (tertiary alicyclic amines) is 1. The minimum Gasteiger partial charge on any atom is -0.325 e. The SMILES string of the molecule is O=C(Nc1c(F)cccc1Br)N1CCCCCC1. The highest BCUT2D eigenvalue weighted by Gasteiger charge is 2.17. The molecule has 5 heteroatoms. The van der Waals surface area contributed by atoms with E-state index in [0.717, 1.165) is 38.8 Å². The molecule has 1 aromatic rings. The lowest BCUT2D eigenvalue weighted by molar-refractivity contribution is 0.213. The molecule has 1 N–H and O–H groups in total. The van der Waals surface area contributed by atoms with Crippen molar-refractivity contribution in [2.75, 3.05) is 18.4 Å². The van der Waals surface area contributed by atoms with Crippen molar-refractivity contribution in [1.29, 1.82) is 0 Å². The fourth-order valence-corrected chi connectivity index (χ4v) is 2.52. The van der Waals surface area contributed by atoms with E-state index in [0.29, 0.717) is 4.47 Å². The van der Waals surface area contributed by atoms with E-state index in [1.165, 1.54) is 6.07 Å². The number of carbonyl (C=O) groups is 1. The lowest BCUT2D eigenvalue weighted by Crippen LogP contribution is -2.35. The van der Waals surface area contributed by atoms with E-state index in [1.54, 1.807) is 17.0 Å². The molecule has 1 heterocycles. The third-order valence-electron chi connectivity index (χ3n) is 3.09. The molecule has 0 aliphatic carbocycles. The summed E-state index contributed by atoms with van der Waals surface area (Å²) >= 11 is 3.24. The maximum Gasteiger partial charge on any atom is 0.321 e. The zero-order chi connectivity index (χ0) is 13.0. The van der Waals surface area contributed by atoms with E-state index >= 15 is 0 Å². The highest BCUT2D eigenvalue weighted by atomic mass is 79.9. The van der Waals surface area contributed by atoms with Crippen LogP contribution in [0, 0.1) is 5.82 Å². The molecular weight excluding hydrogens is 299 g/mol. The Kier molecular flexibility index (Phi) is 4.58. The van der Waals surface area contributed by atoms with Gasteiger partial charge >= 0.3 is 6.03 Å². The molecule has 0 saturated carbocycles. The van der Waals surface area contributed by atoms with E-state index in [1.807, 2.05) is 0 Å². The zero-order valence-corrected chi connectivity index (χ0v) is 11.7. The van der Waals surface area contributed by atoms with Gasteiger partial charge in [-0.2, -0.15) is 0 Å². The van der Waals surface area contributed by atoms with Crippen molar-refractivity contribution in [2.45, 2.75) is 25.7 Å². The lowest BCUT2D eigenvalue weighted by Gasteiger charge is -2.21. The average Bonchev–Trinajstić information content (AvgIpc) is 2.62. The summed E-state index contributed by atoms with van der Waals surface area (Å²) in [4.78, 5) is 13.8. The van der Waals surface area contributed by atoms with Crippen LogP contribution in [-0.2, 0) is 0 Å². The first kappa shape index (κ1) is 13.3. The van der Waals surface area contributed by atoms with Crippen molar-refractivity contribution in [2.24, 2.45) is 0 Å². The Morgan fingerprint density at radius 3 is 2.50 bits per heavy atom. The van der Waals surface area contributed by atoms with Crippen LogP contribution in [0.5, 0.6) is 0 Å². The number of halogens is 2. The molecule has 1 aromatic carbocycles. The minimum absolute atomic E-state index is 0.215. The molecule has 98 valence electrons. The molecule has 3 nitrogen and oxygen atoms in total. The number of anilines is 1. The largest absolute Gasteiger partial charge is 0.325 e. The fraction of sp³-hybridized carbons (Fsp3) is 0.462. The van der Waals surface area contributed by atoms with Crippen molar-refractivity contribution in [3.63, 3.8) is 0 Å². The number of rotatable bonds is 1. The second-order valence-corrected chi connectivity index (χ2v) is 5.28. The fourth-order valence-electron chi connectivity index (χ4n) is 2.08. The molecule has 18 heavy (non-hydrogen) atoms. The first-order chi connectivity index (χ1) is 8.68. The van der Waals surface area contributed by atoms with Crippen molar-refractivity contribution in [3.8, 4) is 0 Å². The van der Waals surface area contributed by atoms with Crippen LogP contribution in [0.25, 0.3) is 0 Å². The van der Waals surface area contributed by atoms with Crippen LogP contribution in [-0.4, -0.2) is 24.0 Å². The Hall–Kier alpha value is -1.10. The number of carbonyl (C=O) groups excluding carboxylic acids is 1. The van der Waals surface area contributed by atoms with Gasteiger partial charge in [-0.3, -0.25) is 0 Å². The number of urea groups is 1. The van der Waals surface area contributed by atoms with Crippen LogP contribution >= 0.6 is 15.9 Å². The Morgan fingerprint density at radius 2 is 1.89 bits per heavy atom. The van der Waals surface area contributed by atoms with Gasteiger partial charge in [0, 0.05) is 17.6 Å². The van der Waals surface area contributed by atoms with Gasteiger partial charge in [0.2, 0.25) is 0 Å². The third-order valence-corrected chi connectivity index (χ3v) is 3.75. The lowest BCUT2D eigenvalue weighted by atomic mass is 10.2. The van der Waals surface area contributed by atoms with E-state index in [-0.39, 0.29) is 11.7 Å². The molecule has 1 aliphatic rings. The maximum atomic E-state index is 13.6. The van der Waals surface area contributed by atoms with Gasteiger partial charge in [-0.1, -0.05) is 18.9 Å². The molecule has 1 aliphatic heterocycles. The van der Waals surface area contributed by atoms with Gasteiger partial charge in [0.05, 0.1) is 5.69 Å². The second kappa shape index (κ2) is 6.18. The van der Waals surface area contributed by atoms with Gasteiger partial charge in [-0.25, -0.2) is 9.18 Å². The van der Waals surface area contributed by atoms with Crippen LogP contribution in [0.3, 0.4) is 0 Å². The molecule has 0 radical (unpaired) electrons. The number of nitrogens with one attached hydrogen (secondary N) is 1. The molecule has 1 fully saturated rings. The van der Waals surface area contributed by atoms with Gasteiger partial charge in [-0.15, -0.1) is 0 Å². The van der Waals surface area contributed by atoms with Crippen molar-refractivity contribution in [1.82, 2.24) is 4.90 Å². The Bertz CT molecular complexity index is 411. The zero-order valence-electron chi connectivity index (χ0n) is 10.1.